The minimum absolute atomic E-state index is 0.592. The van der Waals surface area contributed by atoms with Gasteiger partial charge in [-0.1, -0.05) is 36.4 Å². The highest BCUT2D eigenvalue weighted by Crippen LogP contribution is 2.38. The summed E-state index contributed by atoms with van der Waals surface area (Å²) in [4.78, 5) is 18.6. The Kier molecular flexibility index (Phi) is 4.76. The predicted octanol–water partition coefficient (Wildman–Crippen LogP) is 8.70. The Labute approximate surface area is 223 Å². The zero-order valence-corrected chi connectivity index (χ0v) is 21.3. The third-order valence-electron chi connectivity index (χ3n) is 6.33. The summed E-state index contributed by atoms with van der Waals surface area (Å²) in [7, 11) is 0. The number of oxazole rings is 2. The van der Waals surface area contributed by atoms with Gasteiger partial charge in [-0.25, -0.2) is 19.9 Å². The van der Waals surface area contributed by atoms with Crippen LogP contribution < -0.4 is 0 Å². The lowest BCUT2D eigenvalue weighted by Crippen LogP contribution is -1.76. The van der Waals surface area contributed by atoms with Gasteiger partial charge in [0.05, 0.1) is 32.8 Å². The summed E-state index contributed by atoms with van der Waals surface area (Å²) in [5, 5.41) is 3.85. The first-order valence-electron chi connectivity index (χ1n) is 11.9. The van der Waals surface area contributed by atoms with Crippen LogP contribution in [0.25, 0.3) is 75.6 Å². The van der Waals surface area contributed by atoms with Gasteiger partial charge in [0, 0.05) is 11.1 Å². The smallest absolute Gasteiger partial charge is 0.226 e. The van der Waals surface area contributed by atoms with Crippen LogP contribution in [0.5, 0.6) is 0 Å². The van der Waals surface area contributed by atoms with E-state index in [4.69, 9.17) is 18.8 Å². The van der Waals surface area contributed by atoms with E-state index in [1.165, 1.54) is 0 Å². The van der Waals surface area contributed by atoms with Gasteiger partial charge in [-0.05, 0) is 59.3 Å². The number of fused-ring (bicyclic) bond motifs is 3. The fourth-order valence-electron chi connectivity index (χ4n) is 4.48. The Morgan fingerprint density at radius 1 is 0.526 bits per heavy atom. The van der Waals surface area contributed by atoms with Crippen LogP contribution in [0.2, 0.25) is 0 Å². The van der Waals surface area contributed by atoms with Crippen LogP contribution in [-0.2, 0) is 0 Å². The van der Waals surface area contributed by atoms with Crippen molar-refractivity contribution < 1.29 is 8.83 Å². The molecule has 38 heavy (non-hydrogen) atoms. The van der Waals surface area contributed by atoms with Gasteiger partial charge in [0.2, 0.25) is 11.8 Å². The molecule has 4 aromatic carbocycles. The maximum absolute atomic E-state index is 6.03. The zero-order valence-electron chi connectivity index (χ0n) is 19.7. The summed E-state index contributed by atoms with van der Waals surface area (Å²) in [6, 6.07) is 28.3. The van der Waals surface area contributed by atoms with Crippen LogP contribution in [0.1, 0.15) is 0 Å². The van der Waals surface area contributed by atoms with E-state index >= 15 is 0 Å². The molecule has 0 fully saturated rings. The van der Waals surface area contributed by atoms with Crippen molar-refractivity contribution in [1.29, 1.82) is 0 Å². The molecule has 0 saturated carbocycles. The molecule has 180 valence electrons. The molecule has 0 aliphatic heterocycles. The van der Waals surface area contributed by atoms with Crippen molar-refractivity contribution in [3.63, 3.8) is 0 Å². The summed E-state index contributed by atoms with van der Waals surface area (Å²) in [5.41, 5.74) is 3.75. The molecular weight excluding hydrogens is 512 g/mol. The maximum Gasteiger partial charge on any atom is 0.226 e. The molecule has 8 rings (SSSR count). The van der Waals surface area contributed by atoms with Crippen molar-refractivity contribution >= 4 is 53.9 Å². The number of rotatable bonds is 4. The third-order valence-corrected chi connectivity index (χ3v) is 8.39. The van der Waals surface area contributed by atoms with Crippen LogP contribution in [-0.4, -0.2) is 19.9 Å². The maximum atomic E-state index is 6.03. The summed E-state index contributed by atoms with van der Waals surface area (Å²) in [6.45, 7) is 0. The standard InChI is InChI=1S/C30H16N4O2S2/c1-3-7-17(8-4-1)27-31-15-23(35-27)29-33-21-11-19-14-26-22(12-20(19)13-25(21)37-29)34-30(38-26)24-16-32-28(36-24)18-9-5-2-6-10-18/h1-16H. The van der Waals surface area contributed by atoms with E-state index in [9.17, 15) is 0 Å². The molecule has 0 amide bonds. The second-order valence-electron chi connectivity index (χ2n) is 8.82. The normalized spacial score (nSPS) is 11.7. The van der Waals surface area contributed by atoms with Crippen molar-refractivity contribution in [2.45, 2.75) is 0 Å². The molecule has 0 spiro atoms. The molecule has 0 aliphatic rings. The first-order chi connectivity index (χ1) is 18.8. The van der Waals surface area contributed by atoms with Gasteiger partial charge in [-0.3, -0.25) is 0 Å². The van der Waals surface area contributed by atoms with Crippen LogP contribution in [0.3, 0.4) is 0 Å². The van der Waals surface area contributed by atoms with Gasteiger partial charge in [0.15, 0.2) is 21.5 Å². The molecule has 6 nitrogen and oxygen atoms in total. The Morgan fingerprint density at radius 3 is 1.42 bits per heavy atom. The van der Waals surface area contributed by atoms with E-state index in [1.54, 1.807) is 35.1 Å². The minimum atomic E-state index is 0.592. The monoisotopic (exact) mass is 528 g/mol. The molecule has 8 heteroatoms. The van der Waals surface area contributed by atoms with Gasteiger partial charge < -0.3 is 8.83 Å². The average molecular weight is 529 g/mol. The van der Waals surface area contributed by atoms with Crippen molar-refractivity contribution in [3.8, 4) is 44.4 Å². The molecule has 8 aromatic rings. The van der Waals surface area contributed by atoms with Crippen LogP contribution >= 0.6 is 22.7 Å². The Balaban J connectivity index is 1.15. The number of hydrogen-bond donors (Lipinski definition) is 0. The van der Waals surface area contributed by atoms with Crippen molar-refractivity contribution in [1.82, 2.24) is 19.9 Å². The first kappa shape index (κ1) is 21.4. The topological polar surface area (TPSA) is 77.8 Å². The molecule has 0 saturated heterocycles. The lowest BCUT2D eigenvalue weighted by molar-refractivity contribution is 0.588. The van der Waals surface area contributed by atoms with E-state index in [0.717, 1.165) is 52.3 Å². The fraction of sp³-hybridized carbons (Fsp3) is 0. The lowest BCUT2D eigenvalue weighted by atomic mass is 10.1. The quantitative estimate of drug-likeness (QED) is 0.227. The summed E-state index contributed by atoms with van der Waals surface area (Å²) in [6.07, 6.45) is 3.49. The highest BCUT2D eigenvalue weighted by Gasteiger charge is 2.16. The number of benzene rings is 4. The van der Waals surface area contributed by atoms with Crippen LogP contribution in [0, 0.1) is 0 Å². The number of thiazole rings is 2. The molecule has 0 atom stereocenters. The van der Waals surface area contributed by atoms with E-state index in [2.05, 4.69) is 34.2 Å². The highest BCUT2D eigenvalue weighted by atomic mass is 32.1. The van der Waals surface area contributed by atoms with E-state index in [-0.39, 0.29) is 0 Å². The largest absolute Gasteiger partial charge is 0.434 e. The molecule has 4 heterocycles. The lowest BCUT2D eigenvalue weighted by Gasteiger charge is -1.97. The SMILES string of the molecule is c1ccc(-c2ncc(-c3nc4cc5cc6sc(-c7cnc(-c8ccccc8)o7)nc6cc5cc4s3)o2)cc1. The molecule has 0 aliphatic carbocycles. The van der Waals surface area contributed by atoms with Gasteiger partial charge in [-0.2, -0.15) is 0 Å². The van der Waals surface area contributed by atoms with E-state index in [1.807, 2.05) is 60.7 Å². The zero-order chi connectivity index (χ0) is 25.1. The summed E-state index contributed by atoms with van der Waals surface area (Å²) >= 11 is 3.19. The van der Waals surface area contributed by atoms with Gasteiger partial charge >= 0.3 is 0 Å². The molecule has 0 bridgehead atoms. The van der Waals surface area contributed by atoms with Crippen LogP contribution in [0.4, 0.5) is 0 Å². The molecule has 0 N–H and O–H groups in total. The molecule has 4 aromatic heterocycles. The first-order valence-corrected chi connectivity index (χ1v) is 13.6. The highest BCUT2D eigenvalue weighted by molar-refractivity contribution is 7.22. The average Bonchev–Trinajstić information content (AvgIpc) is 3.76. The van der Waals surface area contributed by atoms with Gasteiger partial charge in [0.25, 0.3) is 0 Å². The Hall–Kier alpha value is -4.66. The van der Waals surface area contributed by atoms with Gasteiger partial charge in [0.1, 0.15) is 0 Å². The van der Waals surface area contributed by atoms with Gasteiger partial charge in [-0.15, -0.1) is 22.7 Å². The number of nitrogens with zero attached hydrogens (tertiary/aromatic N) is 4. The van der Waals surface area contributed by atoms with Crippen molar-refractivity contribution in [3.05, 3.63) is 97.3 Å². The molecular formula is C30H16N4O2S2. The second kappa shape index (κ2) is 8.44. The third kappa shape index (κ3) is 3.61. The van der Waals surface area contributed by atoms with Crippen molar-refractivity contribution in [2.75, 3.05) is 0 Å². The van der Waals surface area contributed by atoms with Crippen LogP contribution in [0.15, 0.2) is 106 Å². The fourth-order valence-corrected chi connectivity index (χ4v) is 6.36. The number of aromatic nitrogens is 4. The molecule has 0 unspecified atom stereocenters. The Morgan fingerprint density at radius 2 is 0.974 bits per heavy atom. The second-order valence-corrected chi connectivity index (χ2v) is 10.9. The molecule has 0 radical (unpaired) electrons. The minimum Gasteiger partial charge on any atom is -0.434 e. The Bertz CT molecular complexity index is 1870. The van der Waals surface area contributed by atoms with Crippen molar-refractivity contribution in [2.24, 2.45) is 0 Å². The van der Waals surface area contributed by atoms with E-state index < -0.39 is 0 Å². The van der Waals surface area contributed by atoms with E-state index in [0.29, 0.717) is 23.3 Å². The number of hydrogen-bond acceptors (Lipinski definition) is 8. The summed E-state index contributed by atoms with van der Waals surface area (Å²) in [5.74, 6) is 2.52. The summed E-state index contributed by atoms with van der Waals surface area (Å²) < 4.78 is 14.2. The predicted molar refractivity (Wildman–Crippen MR) is 152 cm³/mol.